The molecule has 0 aliphatic carbocycles. The maximum absolute atomic E-state index is 6.64. The lowest BCUT2D eigenvalue weighted by Crippen LogP contribution is -1.96. The van der Waals surface area contributed by atoms with Crippen LogP contribution in [0.5, 0.6) is 11.5 Å². The monoisotopic (exact) mass is 534 g/mol. The van der Waals surface area contributed by atoms with Gasteiger partial charge in [-0.05, 0) is 60.7 Å². The third-order valence-electron chi connectivity index (χ3n) is 7.61. The van der Waals surface area contributed by atoms with E-state index in [1.165, 1.54) is 32.6 Å². The lowest BCUT2D eigenvalue weighted by molar-refractivity contribution is 0.482. The van der Waals surface area contributed by atoms with E-state index in [-0.39, 0.29) is 0 Å². The second-order valence-corrected chi connectivity index (χ2v) is 10.4. The van der Waals surface area contributed by atoms with E-state index in [4.69, 9.17) is 16.3 Å². The maximum atomic E-state index is 6.64. The molecule has 0 N–H and O–H groups in total. The molecule has 190 valence electrons. The van der Waals surface area contributed by atoms with Gasteiger partial charge in [0.25, 0.3) is 0 Å². The van der Waals surface area contributed by atoms with Gasteiger partial charge in [0, 0.05) is 38.3 Å². The van der Waals surface area contributed by atoms with E-state index in [0.717, 1.165) is 28.2 Å². The quantitative estimate of drug-likeness (QED) is 0.220. The van der Waals surface area contributed by atoms with Gasteiger partial charge in [0.1, 0.15) is 11.5 Å². The Bertz CT molecular complexity index is 2100. The zero-order valence-corrected chi connectivity index (χ0v) is 22.2. The van der Waals surface area contributed by atoms with Crippen LogP contribution in [0.15, 0.2) is 140 Å². The number of rotatable bonds is 4. The third-order valence-corrected chi connectivity index (χ3v) is 7.82. The van der Waals surface area contributed by atoms with Crippen LogP contribution in [0.4, 0.5) is 0 Å². The molecule has 2 heterocycles. The summed E-state index contributed by atoms with van der Waals surface area (Å²) in [5.41, 5.74) is 6.68. The minimum atomic E-state index is 0.622. The van der Waals surface area contributed by atoms with E-state index < -0.39 is 0 Å². The molecule has 8 rings (SSSR count). The van der Waals surface area contributed by atoms with Crippen molar-refractivity contribution >= 4 is 55.2 Å². The van der Waals surface area contributed by atoms with Crippen LogP contribution in [-0.4, -0.2) is 9.13 Å². The summed E-state index contributed by atoms with van der Waals surface area (Å²) in [6, 6.07) is 48.1. The SMILES string of the molecule is Clc1cc(Oc2ccc(-n3c4ccccc4c4ccccc43)cc2)cc(-n2c3ccccc3c3ccccc32)c1. The molecule has 0 radical (unpaired) electrons. The van der Waals surface area contributed by atoms with Crippen molar-refractivity contribution in [1.29, 1.82) is 0 Å². The Kier molecular flexibility index (Phi) is 5.19. The second-order valence-electron chi connectivity index (χ2n) is 9.98. The third kappa shape index (κ3) is 3.59. The number of ether oxygens (including phenoxy) is 1. The molecule has 0 atom stereocenters. The fourth-order valence-electron chi connectivity index (χ4n) is 5.94. The molecular formula is C36H23ClN2O. The number of halogens is 1. The van der Waals surface area contributed by atoms with Crippen LogP contribution in [0.3, 0.4) is 0 Å². The second kappa shape index (κ2) is 9.04. The molecule has 0 saturated heterocycles. The van der Waals surface area contributed by atoms with Gasteiger partial charge in [0.2, 0.25) is 0 Å². The number of hydrogen-bond acceptors (Lipinski definition) is 1. The standard InChI is InChI=1S/C36H23ClN2O/c37-24-21-26(39-35-15-7-3-11-31(35)32-12-4-8-16-36(32)39)23-28(22-24)40-27-19-17-25(18-20-27)38-33-13-5-1-9-29(33)30-10-2-6-14-34(30)38/h1-23H. The Morgan fingerprint density at radius 1 is 0.400 bits per heavy atom. The summed E-state index contributed by atoms with van der Waals surface area (Å²) < 4.78 is 10.9. The smallest absolute Gasteiger partial charge is 0.131 e. The van der Waals surface area contributed by atoms with Crippen LogP contribution in [0, 0.1) is 0 Å². The first kappa shape index (κ1) is 22.9. The molecule has 0 saturated carbocycles. The number of benzene rings is 6. The zero-order chi connectivity index (χ0) is 26.6. The van der Waals surface area contributed by atoms with Gasteiger partial charge < -0.3 is 13.9 Å². The first-order chi connectivity index (χ1) is 19.7. The van der Waals surface area contributed by atoms with Crippen molar-refractivity contribution < 1.29 is 4.74 Å². The van der Waals surface area contributed by atoms with Crippen LogP contribution in [0.25, 0.3) is 55.0 Å². The molecule has 4 heteroatoms. The Labute approximate surface area is 236 Å². The van der Waals surface area contributed by atoms with Gasteiger partial charge in [-0.2, -0.15) is 0 Å². The van der Waals surface area contributed by atoms with Crippen LogP contribution in [0.1, 0.15) is 0 Å². The summed E-state index contributed by atoms with van der Waals surface area (Å²) in [5.74, 6) is 1.44. The molecule has 2 aromatic heterocycles. The summed E-state index contributed by atoms with van der Waals surface area (Å²) in [7, 11) is 0. The van der Waals surface area contributed by atoms with E-state index in [2.05, 4.69) is 118 Å². The van der Waals surface area contributed by atoms with E-state index in [1.54, 1.807) is 0 Å². The molecule has 3 nitrogen and oxygen atoms in total. The molecule has 0 unspecified atom stereocenters. The maximum Gasteiger partial charge on any atom is 0.131 e. The van der Waals surface area contributed by atoms with Crippen molar-refractivity contribution in [3.63, 3.8) is 0 Å². The van der Waals surface area contributed by atoms with Gasteiger partial charge in [0.15, 0.2) is 0 Å². The van der Waals surface area contributed by atoms with Crippen molar-refractivity contribution in [2.24, 2.45) is 0 Å². The van der Waals surface area contributed by atoms with Gasteiger partial charge in [0.05, 0.1) is 27.8 Å². The van der Waals surface area contributed by atoms with Crippen LogP contribution >= 0.6 is 11.6 Å². The van der Waals surface area contributed by atoms with Gasteiger partial charge in [-0.3, -0.25) is 0 Å². The average molecular weight is 535 g/mol. The highest BCUT2D eigenvalue weighted by molar-refractivity contribution is 6.31. The largest absolute Gasteiger partial charge is 0.457 e. The highest BCUT2D eigenvalue weighted by atomic mass is 35.5. The molecule has 0 aliphatic rings. The molecule has 0 fully saturated rings. The Morgan fingerprint density at radius 2 is 0.825 bits per heavy atom. The van der Waals surface area contributed by atoms with Crippen LogP contribution in [-0.2, 0) is 0 Å². The topological polar surface area (TPSA) is 19.1 Å². The van der Waals surface area contributed by atoms with E-state index >= 15 is 0 Å². The molecule has 0 amide bonds. The minimum Gasteiger partial charge on any atom is -0.457 e. The number of aromatic nitrogens is 2. The molecule has 0 spiro atoms. The lowest BCUT2D eigenvalue weighted by atomic mass is 10.2. The van der Waals surface area contributed by atoms with Crippen LogP contribution in [0.2, 0.25) is 5.02 Å². The van der Waals surface area contributed by atoms with E-state index in [9.17, 15) is 0 Å². The van der Waals surface area contributed by atoms with Crippen molar-refractivity contribution in [2.45, 2.75) is 0 Å². The van der Waals surface area contributed by atoms with Gasteiger partial charge in [-0.15, -0.1) is 0 Å². The fourth-order valence-corrected chi connectivity index (χ4v) is 6.16. The normalized spacial score (nSPS) is 11.6. The molecule has 6 aromatic carbocycles. The predicted octanol–water partition coefficient (Wildman–Crippen LogP) is 10.3. The fraction of sp³-hybridized carbons (Fsp3) is 0. The predicted molar refractivity (Wildman–Crippen MR) is 167 cm³/mol. The van der Waals surface area contributed by atoms with Crippen molar-refractivity contribution in [2.75, 3.05) is 0 Å². The minimum absolute atomic E-state index is 0.622. The Morgan fingerprint density at radius 3 is 1.30 bits per heavy atom. The molecule has 8 aromatic rings. The van der Waals surface area contributed by atoms with E-state index in [1.807, 2.05) is 30.3 Å². The van der Waals surface area contributed by atoms with Crippen LogP contribution < -0.4 is 4.74 Å². The summed E-state index contributed by atoms with van der Waals surface area (Å²) in [6.07, 6.45) is 0. The zero-order valence-electron chi connectivity index (χ0n) is 21.5. The van der Waals surface area contributed by atoms with E-state index in [0.29, 0.717) is 10.8 Å². The van der Waals surface area contributed by atoms with Gasteiger partial charge >= 0.3 is 0 Å². The van der Waals surface area contributed by atoms with Crippen molar-refractivity contribution in [3.05, 3.63) is 145 Å². The Hall–Kier alpha value is -4.99. The number of fused-ring (bicyclic) bond motifs is 6. The Balaban J connectivity index is 1.19. The first-order valence-corrected chi connectivity index (χ1v) is 13.7. The lowest BCUT2D eigenvalue weighted by Gasteiger charge is -2.13. The summed E-state index contributed by atoms with van der Waals surface area (Å²) in [5, 5.41) is 5.53. The highest BCUT2D eigenvalue weighted by Crippen LogP contribution is 2.36. The van der Waals surface area contributed by atoms with Gasteiger partial charge in [-0.25, -0.2) is 0 Å². The summed E-state index contributed by atoms with van der Waals surface area (Å²) >= 11 is 6.64. The number of nitrogens with zero attached hydrogens (tertiary/aromatic N) is 2. The van der Waals surface area contributed by atoms with Crippen molar-refractivity contribution in [1.82, 2.24) is 9.13 Å². The average Bonchev–Trinajstić information content (AvgIpc) is 3.51. The number of para-hydroxylation sites is 4. The summed E-state index contributed by atoms with van der Waals surface area (Å²) in [4.78, 5) is 0. The molecule has 40 heavy (non-hydrogen) atoms. The summed E-state index contributed by atoms with van der Waals surface area (Å²) in [6.45, 7) is 0. The molecule has 0 aliphatic heterocycles. The van der Waals surface area contributed by atoms with Gasteiger partial charge in [-0.1, -0.05) is 84.4 Å². The van der Waals surface area contributed by atoms with Crippen molar-refractivity contribution in [3.8, 4) is 22.9 Å². The molecular weight excluding hydrogens is 512 g/mol. The first-order valence-electron chi connectivity index (χ1n) is 13.3. The highest BCUT2D eigenvalue weighted by Gasteiger charge is 2.14. The number of hydrogen-bond donors (Lipinski definition) is 0. The molecule has 0 bridgehead atoms.